The minimum absolute atomic E-state index is 0.348. The van der Waals surface area contributed by atoms with Crippen LogP contribution in [-0.2, 0) is 13.0 Å². The molecule has 132 valence electrons. The third-order valence-corrected chi connectivity index (χ3v) is 5.53. The summed E-state index contributed by atoms with van der Waals surface area (Å²) in [6, 6.07) is 21.9. The summed E-state index contributed by atoms with van der Waals surface area (Å²) >= 11 is 0. The second-order valence-corrected chi connectivity index (χ2v) is 7.25. The van der Waals surface area contributed by atoms with Crippen LogP contribution in [0.5, 0.6) is 0 Å². The van der Waals surface area contributed by atoms with Gasteiger partial charge in [-0.05, 0) is 5.56 Å². The van der Waals surface area contributed by atoms with Gasteiger partial charge in [-0.1, -0.05) is 65.9 Å². The van der Waals surface area contributed by atoms with Gasteiger partial charge >= 0.3 is 0 Å². The first kappa shape index (κ1) is 15.7. The molecule has 0 spiro atoms. The van der Waals surface area contributed by atoms with Gasteiger partial charge in [-0.15, -0.1) is 5.10 Å². The van der Waals surface area contributed by atoms with Crippen LogP contribution in [0.1, 0.15) is 17.3 Å². The Labute approximate surface area is 153 Å². The average Bonchev–Trinajstić information content (AvgIpc) is 3.24. The van der Waals surface area contributed by atoms with E-state index in [0.717, 1.165) is 43.9 Å². The summed E-state index contributed by atoms with van der Waals surface area (Å²) in [7, 11) is 0. The van der Waals surface area contributed by atoms with E-state index in [1.165, 1.54) is 11.3 Å². The lowest BCUT2D eigenvalue weighted by Gasteiger charge is -2.17. The van der Waals surface area contributed by atoms with Gasteiger partial charge in [0.25, 0.3) is 0 Å². The maximum atomic E-state index is 4.58. The number of likely N-dealkylation sites (tertiary alicyclic amines) is 1. The van der Waals surface area contributed by atoms with Crippen molar-refractivity contribution in [3.8, 4) is 11.3 Å². The molecule has 0 saturated carbocycles. The van der Waals surface area contributed by atoms with Crippen LogP contribution in [0.25, 0.3) is 11.3 Å². The zero-order chi connectivity index (χ0) is 17.3. The SMILES string of the molecule is c1ccc(CN2C[C@@H]3NCCc4c(-c5ccccc5)nnn4[C@@H]3C2)cc1. The highest BCUT2D eigenvalue weighted by atomic mass is 15.5. The minimum atomic E-state index is 0.348. The van der Waals surface area contributed by atoms with Gasteiger partial charge in [-0.3, -0.25) is 4.90 Å². The summed E-state index contributed by atoms with van der Waals surface area (Å²) in [5.74, 6) is 0. The Morgan fingerprint density at radius 3 is 2.54 bits per heavy atom. The molecule has 2 aromatic carbocycles. The van der Waals surface area contributed by atoms with Gasteiger partial charge in [-0.25, -0.2) is 4.68 Å². The molecule has 5 heteroatoms. The normalized spacial score (nSPS) is 22.6. The second-order valence-electron chi connectivity index (χ2n) is 7.25. The zero-order valence-corrected chi connectivity index (χ0v) is 14.8. The van der Waals surface area contributed by atoms with Crippen molar-refractivity contribution >= 4 is 0 Å². The summed E-state index contributed by atoms with van der Waals surface area (Å²) in [5, 5.41) is 12.9. The van der Waals surface area contributed by atoms with Crippen LogP contribution in [0.2, 0.25) is 0 Å². The molecular formula is C21H23N5. The molecule has 5 nitrogen and oxygen atoms in total. The highest BCUT2D eigenvalue weighted by molar-refractivity contribution is 5.61. The molecule has 2 aliphatic heterocycles. The Kier molecular flexibility index (Phi) is 4.03. The van der Waals surface area contributed by atoms with Crippen LogP contribution in [0.4, 0.5) is 0 Å². The molecule has 3 heterocycles. The first-order chi connectivity index (χ1) is 12.9. The lowest BCUT2D eigenvalue weighted by Crippen LogP contribution is -2.36. The van der Waals surface area contributed by atoms with Crippen LogP contribution in [0.3, 0.4) is 0 Å². The summed E-state index contributed by atoms with van der Waals surface area (Å²) in [5.41, 5.74) is 4.83. The fourth-order valence-electron chi connectivity index (χ4n) is 4.29. The summed E-state index contributed by atoms with van der Waals surface area (Å²) in [4.78, 5) is 2.52. The molecule has 0 amide bonds. The van der Waals surface area contributed by atoms with Crippen LogP contribution >= 0.6 is 0 Å². The van der Waals surface area contributed by atoms with Crippen molar-refractivity contribution in [3.05, 3.63) is 71.9 Å². The van der Waals surface area contributed by atoms with E-state index < -0.39 is 0 Å². The van der Waals surface area contributed by atoms with E-state index in [9.17, 15) is 0 Å². The smallest absolute Gasteiger partial charge is 0.116 e. The number of nitrogens with one attached hydrogen (secondary N) is 1. The maximum Gasteiger partial charge on any atom is 0.116 e. The molecule has 0 aliphatic carbocycles. The molecule has 0 unspecified atom stereocenters. The van der Waals surface area contributed by atoms with E-state index in [0.29, 0.717) is 12.1 Å². The van der Waals surface area contributed by atoms with Crippen molar-refractivity contribution in [1.82, 2.24) is 25.2 Å². The molecule has 1 saturated heterocycles. The van der Waals surface area contributed by atoms with Gasteiger partial charge in [0.1, 0.15) is 5.69 Å². The highest BCUT2D eigenvalue weighted by Gasteiger charge is 2.37. The van der Waals surface area contributed by atoms with E-state index in [1.807, 2.05) is 6.07 Å². The molecule has 0 bridgehead atoms. The molecule has 26 heavy (non-hydrogen) atoms. The van der Waals surface area contributed by atoms with Crippen molar-refractivity contribution in [2.45, 2.75) is 25.0 Å². The van der Waals surface area contributed by atoms with Crippen LogP contribution in [-0.4, -0.2) is 45.6 Å². The topological polar surface area (TPSA) is 46.0 Å². The van der Waals surface area contributed by atoms with Crippen LogP contribution in [0.15, 0.2) is 60.7 Å². The third kappa shape index (κ3) is 2.83. The van der Waals surface area contributed by atoms with E-state index in [-0.39, 0.29) is 0 Å². The number of hydrogen-bond acceptors (Lipinski definition) is 4. The molecule has 2 atom stereocenters. The third-order valence-electron chi connectivity index (χ3n) is 5.53. The molecule has 1 N–H and O–H groups in total. The number of rotatable bonds is 3. The Hall–Kier alpha value is -2.50. The fraction of sp³-hybridized carbons (Fsp3) is 0.333. The number of hydrogen-bond donors (Lipinski definition) is 1. The summed E-state index contributed by atoms with van der Waals surface area (Å²) in [6.45, 7) is 4.04. The van der Waals surface area contributed by atoms with E-state index >= 15 is 0 Å². The maximum absolute atomic E-state index is 4.58. The predicted molar refractivity (Wildman–Crippen MR) is 102 cm³/mol. The minimum Gasteiger partial charge on any atom is -0.310 e. The number of nitrogens with zero attached hydrogens (tertiary/aromatic N) is 4. The van der Waals surface area contributed by atoms with Gasteiger partial charge in [0.05, 0.1) is 11.7 Å². The first-order valence-electron chi connectivity index (χ1n) is 9.37. The largest absolute Gasteiger partial charge is 0.310 e. The molecule has 3 aromatic rings. The van der Waals surface area contributed by atoms with E-state index in [1.54, 1.807) is 0 Å². The second kappa shape index (κ2) is 6.67. The van der Waals surface area contributed by atoms with Gasteiger partial charge in [0.15, 0.2) is 0 Å². The molecule has 2 aliphatic rings. The quantitative estimate of drug-likeness (QED) is 0.792. The number of benzene rings is 2. The monoisotopic (exact) mass is 345 g/mol. The standard InChI is InChI=1S/C21H23N5/c1-3-7-16(8-4-1)13-25-14-18-20(15-25)26-19(11-12-22-18)21(23-24-26)17-9-5-2-6-10-17/h1-10,18,20,22H,11-15H2/t18-,20+/m0/s1. The molecular weight excluding hydrogens is 322 g/mol. The zero-order valence-electron chi connectivity index (χ0n) is 14.8. The lowest BCUT2D eigenvalue weighted by molar-refractivity contribution is 0.308. The average molecular weight is 345 g/mol. The van der Waals surface area contributed by atoms with Crippen LogP contribution in [0, 0.1) is 0 Å². The van der Waals surface area contributed by atoms with Crippen molar-refractivity contribution in [2.24, 2.45) is 0 Å². The molecule has 1 fully saturated rings. The fourth-order valence-corrected chi connectivity index (χ4v) is 4.29. The van der Waals surface area contributed by atoms with Crippen LogP contribution < -0.4 is 5.32 Å². The van der Waals surface area contributed by atoms with E-state index in [2.05, 4.69) is 79.8 Å². The molecule has 1 aromatic heterocycles. The van der Waals surface area contributed by atoms with Gasteiger partial charge < -0.3 is 5.32 Å². The molecule has 0 radical (unpaired) electrons. The summed E-state index contributed by atoms with van der Waals surface area (Å²) < 4.78 is 2.19. The van der Waals surface area contributed by atoms with Crippen molar-refractivity contribution in [1.29, 1.82) is 0 Å². The Bertz CT molecular complexity index is 874. The summed E-state index contributed by atoms with van der Waals surface area (Å²) in [6.07, 6.45) is 0.975. The van der Waals surface area contributed by atoms with Gasteiger partial charge in [-0.2, -0.15) is 0 Å². The number of aromatic nitrogens is 3. The van der Waals surface area contributed by atoms with Crippen molar-refractivity contribution in [3.63, 3.8) is 0 Å². The number of fused-ring (bicyclic) bond motifs is 3. The highest BCUT2D eigenvalue weighted by Crippen LogP contribution is 2.30. The molecule has 5 rings (SSSR count). The van der Waals surface area contributed by atoms with Crippen molar-refractivity contribution < 1.29 is 0 Å². The predicted octanol–water partition coefficient (Wildman–Crippen LogP) is 2.52. The van der Waals surface area contributed by atoms with Crippen molar-refractivity contribution in [2.75, 3.05) is 19.6 Å². The Morgan fingerprint density at radius 2 is 1.73 bits per heavy atom. The van der Waals surface area contributed by atoms with Gasteiger partial charge in [0.2, 0.25) is 0 Å². The van der Waals surface area contributed by atoms with E-state index in [4.69, 9.17) is 0 Å². The Morgan fingerprint density at radius 1 is 0.962 bits per heavy atom. The van der Waals surface area contributed by atoms with Gasteiger partial charge in [0, 0.05) is 44.2 Å². The lowest BCUT2D eigenvalue weighted by atomic mass is 10.1. The first-order valence-corrected chi connectivity index (χ1v) is 9.37. The Balaban J connectivity index is 1.42.